The number of unbranched alkanes of at least 4 members (excludes halogenated alkanes) is 4. The number of anilines is 1. The van der Waals surface area contributed by atoms with Crippen LogP contribution in [-0.4, -0.2) is 108 Å². The first-order valence-corrected chi connectivity index (χ1v) is 29.8. The second-order valence-electron chi connectivity index (χ2n) is 18.7. The molecule has 0 spiro atoms. The number of hydrogen-bond acceptors (Lipinski definition) is 13. The number of carbonyl (C=O) groups excluding carboxylic acids is 1. The molecule has 19 nitrogen and oxygen atoms in total. The predicted molar refractivity (Wildman–Crippen MR) is 275 cm³/mol. The lowest BCUT2D eigenvalue weighted by molar-refractivity contribution is -0.438. The molecule has 3 heterocycles. The summed E-state index contributed by atoms with van der Waals surface area (Å²) >= 11 is 0. The van der Waals surface area contributed by atoms with Crippen molar-refractivity contribution in [3.8, 4) is 11.8 Å². The van der Waals surface area contributed by atoms with Gasteiger partial charge in [-0.3, -0.25) is 18.2 Å². The molecule has 396 valence electrons. The molecular weight excluding hydrogens is 1030 g/mol. The van der Waals surface area contributed by atoms with Crippen molar-refractivity contribution in [1.82, 2.24) is 4.73 Å². The minimum atomic E-state index is -4.70. The molecule has 1 aromatic heterocycles. The van der Waals surface area contributed by atoms with Crippen LogP contribution in [0.15, 0.2) is 130 Å². The van der Waals surface area contributed by atoms with Crippen molar-refractivity contribution in [3.05, 3.63) is 132 Å². The van der Waals surface area contributed by atoms with E-state index in [1.807, 2.05) is 73.4 Å². The van der Waals surface area contributed by atoms with Gasteiger partial charge in [0.2, 0.25) is 17.4 Å². The lowest BCUT2D eigenvalue weighted by atomic mass is 9.75. The van der Waals surface area contributed by atoms with E-state index < -0.39 is 80.5 Å². The molecule has 73 heavy (non-hydrogen) atoms. The van der Waals surface area contributed by atoms with Gasteiger partial charge in [0.25, 0.3) is 40.5 Å². The average Bonchev–Trinajstić information content (AvgIpc) is 3.82. The van der Waals surface area contributed by atoms with Crippen LogP contribution in [0.25, 0.3) is 0 Å². The van der Waals surface area contributed by atoms with Gasteiger partial charge >= 0.3 is 5.97 Å². The maximum atomic E-state index is 12.6. The lowest BCUT2D eigenvalue weighted by Crippen LogP contribution is -2.32. The Morgan fingerprint density at radius 2 is 1.26 bits per heavy atom. The van der Waals surface area contributed by atoms with E-state index >= 15 is 0 Å². The second kappa shape index (κ2) is 23.3. The van der Waals surface area contributed by atoms with E-state index in [0.717, 1.165) is 17.7 Å². The number of rotatable bonds is 25. The van der Waals surface area contributed by atoms with Gasteiger partial charge < -0.3 is 20.0 Å². The molecule has 6 N–H and O–H groups in total. The van der Waals surface area contributed by atoms with Crippen molar-refractivity contribution in [2.75, 3.05) is 29.5 Å². The van der Waals surface area contributed by atoms with Gasteiger partial charge in [-0.25, -0.2) is 4.79 Å². The highest BCUT2D eigenvalue weighted by Gasteiger charge is 2.48. The van der Waals surface area contributed by atoms with Gasteiger partial charge in [0, 0.05) is 66.0 Å². The Morgan fingerprint density at radius 1 is 0.671 bits per heavy atom. The molecule has 23 heteroatoms. The summed E-state index contributed by atoms with van der Waals surface area (Å²) in [5.74, 6) is -2.66. The molecule has 0 saturated carbocycles. The molecule has 0 bridgehead atoms. The normalized spacial score (nSPS) is 19.7. The van der Waals surface area contributed by atoms with Gasteiger partial charge in [-0.05, 0) is 106 Å². The van der Waals surface area contributed by atoms with Crippen LogP contribution in [0.4, 0.5) is 11.4 Å². The first-order valence-electron chi connectivity index (χ1n) is 23.7. The van der Waals surface area contributed by atoms with Crippen LogP contribution in [0.2, 0.25) is 0 Å². The largest absolute Gasteiger partial charge is 0.492 e. The fourth-order valence-electron chi connectivity index (χ4n) is 9.72. The third-order valence-electron chi connectivity index (χ3n) is 13.3. The number of hydrogen-bond donors (Lipinski definition) is 6. The molecule has 2 aromatic carbocycles. The third kappa shape index (κ3) is 14.6. The minimum Gasteiger partial charge on any atom is -0.492 e. The Morgan fingerprint density at radius 3 is 1.89 bits per heavy atom. The molecular formula is C50H62N3O16S4+. The fourth-order valence-corrected chi connectivity index (χ4v) is 11.9. The number of benzene rings is 2. The highest BCUT2D eigenvalue weighted by Crippen LogP contribution is 2.52. The van der Waals surface area contributed by atoms with E-state index in [2.05, 4.69) is 4.58 Å². The average molecular weight is 1090 g/mol. The van der Waals surface area contributed by atoms with Crippen LogP contribution in [0.1, 0.15) is 102 Å². The van der Waals surface area contributed by atoms with E-state index in [1.54, 1.807) is 18.2 Å². The number of carbonyl (C=O) groups is 1. The van der Waals surface area contributed by atoms with Gasteiger partial charge in [0.1, 0.15) is 6.54 Å². The molecule has 1 aliphatic carbocycles. The Bertz CT molecular complexity index is 3240. The maximum Gasteiger partial charge on any atom is 0.333 e. The van der Waals surface area contributed by atoms with Crippen LogP contribution in [0, 0.1) is 0 Å². The van der Waals surface area contributed by atoms with Crippen LogP contribution in [0.3, 0.4) is 0 Å². The number of aromatic hydroxyl groups is 2. The van der Waals surface area contributed by atoms with Gasteiger partial charge in [0.15, 0.2) is 5.71 Å². The zero-order valence-electron chi connectivity index (χ0n) is 40.4. The van der Waals surface area contributed by atoms with Crippen molar-refractivity contribution in [1.29, 1.82) is 0 Å². The molecule has 6 rings (SSSR count). The minimum absolute atomic E-state index is 0.0613. The zero-order chi connectivity index (χ0) is 53.4. The van der Waals surface area contributed by atoms with Gasteiger partial charge in [-0.2, -0.15) is 38.2 Å². The summed E-state index contributed by atoms with van der Waals surface area (Å²) in [4.78, 5) is 19.0. The summed E-state index contributed by atoms with van der Waals surface area (Å²) < 4.78 is 140. The van der Waals surface area contributed by atoms with E-state index in [1.165, 1.54) is 24.3 Å². The number of fused-ring (bicyclic) bond motifs is 2. The summed E-state index contributed by atoms with van der Waals surface area (Å²) in [6.07, 6.45) is 22.9. The number of allylic oxidation sites excluding steroid dienone is 12. The van der Waals surface area contributed by atoms with Gasteiger partial charge in [-0.1, -0.05) is 67.9 Å². The summed E-state index contributed by atoms with van der Waals surface area (Å²) in [7, 11) is -18.0. The number of nitrogens with zero attached hydrogens (tertiary/aromatic N) is 3. The van der Waals surface area contributed by atoms with Crippen LogP contribution in [-0.2, 0) is 56.1 Å². The van der Waals surface area contributed by atoms with Crippen molar-refractivity contribution in [2.45, 2.75) is 112 Å². The number of aromatic nitrogens is 1. The lowest BCUT2D eigenvalue weighted by Gasteiger charge is -2.30. The monoisotopic (exact) mass is 1090 g/mol. The van der Waals surface area contributed by atoms with Crippen molar-refractivity contribution in [3.63, 3.8) is 0 Å². The molecule has 0 fully saturated rings. The van der Waals surface area contributed by atoms with Crippen molar-refractivity contribution < 1.29 is 76.3 Å². The summed E-state index contributed by atoms with van der Waals surface area (Å²) in [5.41, 5.74) is 2.67. The van der Waals surface area contributed by atoms with Crippen molar-refractivity contribution in [2.24, 2.45) is 0 Å². The van der Waals surface area contributed by atoms with Gasteiger partial charge in [0.05, 0.1) is 26.7 Å². The molecule has 2 unspecified atom stereocenters. The van der Waals surface area contributed by atoms with E-state index in [0.29, 0.717) is 83.8 Å². The SMILES string of the molecule is CC1(CCCCS(=O)(=O)O)C(=CC=CC2=[N+](CCCC3=CC=CC=CC=C3)c3ccc(S(=O)(=O)O)cc3C2(C)CCCCS(=O)(=O)O)N(CCCCCC(=O)On2c(O)ccc2O)c2ccc(S(=O)(=O)O)cc21. The van der Waals surface area contributed by atoms with Crippen LogP contribution in [0.5, 0.6) is 11.8 Å². The molecule has 0 amide bonds. The zero-order valence-corrected chi connectivity index (χ0v) is 43.7. The molecule has 2 atom stereocenters. The molecule has 0 radical (unpaired) electrons. The Kier molecular flexibility index (Phi) is 18.0. The van der Waals surface area contributed by atoms with E-state index in [4.69, 9.17) is 4.84 Å². The third-order valence-corrected chi connectivity index (χ3v) is 16.7. The molecule has 2 aliphatic heterocycles. The van der Waals surface area contributed by atoms with Gasteiger partial charge in [-0.15, -0.1) is 4.73 Å². The van der Waals surface area contributed by atoms with E-state index in [-0.39, 0.29) is 54.7 Å². The quantitative estimate of drug-likeness (QED) is 0.0269. The topological polar surface area (TPSA) is 295 Å². The summed E-state index contributed by atoms with van der Waals surface area (Å²) in [5, 5.41) is 19.8. The summed E-state index contributed by atoms with van der Waals surface area (Å²) in [6, 6.07) is 10.9. The summed E-state index contributed by atoms with van der Waals surface area (Å²) in [6.45, 7) is 4.51. The predicted octanol–water partition coefficient (Wildman–Crippen LogP) is 7.69. The van der Waals surface area contributed by atoms with Crippen molar-refractivity contribution >= 4 is 63.5 Å². The fraction of sp³-hybridized carbons (Fsp3) is 0.400. The Balaban J connectivity index is 1.43. The molecule has 3 aromatic rings. The Labute approximate surface area is 426 Å². The highest BCUT2D eigenvalue weighted by atomic mass is 32.2. The second-order valence-corrected chi connectivity index (χ2v) is 24.6. The molecule has 0 saturated heterocycles. The first kappa shape index (κ1) is 56.6. The molecule has 3 aliphatic rings. The first-order chi connectivity index (χ1) is 34.2. The standard InChI is InChI=1S/C50H61N3O16S4/c1-49(29-10-13-33-70(57,58)59)40-35-38(72(63,64)65)23-25-42(40)51(31-12-6-9-22-48(56)69-53-46(54)27-28-47(53)55)44(49)20-15-21-45-50(2,30-11-14-34-71(60,61)62)41-36-39(73(66,67)68)24-26-43(41)52(45)32-16-19-37-17-7-4-3-5-8-18-37/h3-5,7-8,15,17-18,20-21,23-28,35-36H,6,9-14,16,19,22,29-34H2,1-2H3,(H5-,54,55,57,58,59,60,61,62,63,64,65,66,67,68)/p+1. The van der Waals surface area contributed by atoms with Crippen LogP contribution >= 0.6 is 0 Å². The van der Waals surface area contributed by atoms with E-state index in [9.17, 15) is 66.9 Å². The smallest absolute Gasteiger partial charge is 0.333 e. The highest BCUT2D eigenvalue weighted by molar-refractivity contribution is 7.86. The maximum absolute atomic E-state index is 12.6. The van der Waals surface area contributed by atoms with Crippen LogP contribution < -0.4 is 9.74 Å². The Hall–Kier alpha value is -5.66.